The number of aliphatic hydroxyl groups is 1. The molecule has 3 nitrogen and oxygen atoms in total. The standard InChI is InChI=1S/C11H14F2O3S/c1-15-8-5-10(17-3)9(16-2)4-7(8)11(12,13)6-14/h4-5,14H,6H2,1-3H3. The molecule has 17 heavy (non-hydrogen) atoms. The molecule has 96 valence electrons. The van der Waals surface area contributed by atoms with Crippen molar-refractivity contribution in [3.05, 3.63) is 17.7 Å². The van der Waals surface area contributed by atoms with Gasteiger partial charge in [0.05, 0.1) is 24.7 Å². The summed E-state index contributed by atoms with van der Waals surface area (Å²) in [7, 11) is 2.71. The van der Waals surface area contributed by atoms with Gasteiger partial charge in [-0.15, -0.1) is 11.8 Å². The fourth-order valence-corrected chi connectivity index (χ4v) is 1.97. The topological polar surface area (TPSA) is 38.7 Å². The first kappa shape index (κ1) is 14.1. The van der Waals surface area contributed by atoms with Gasteiger partial charge in [0.15, 0.2) is 0 Å². The van der Waals surface area contributed by atoms with Gasteiger partial charge in [0.25, 0.3) is 5.92 Å². The van der Waals surface area contributed by atoms with Gasteiger partial charge in [-0.3, -0.25) is 0 Å². The Balaban J connectivity index is 3.38. The van der Waals surface area contributed by atoms with Crippen LogP contribution in [-0.4, -0.2) is 32.2 Å². The lowest BCUT2D eigenvalue weighted by molar-refractivity contribution is -0.0573. The Labute approximate surface area is 103 Å². The van der Waals surface area contributed by atoms with Crippen LogP contribution in [0.1, 0.15) is 5.56 Å². The highest BCUT2D eigenvalue weighted by Crippen LogP contribution is 2.41. The quantitative estimate of drug-likeness (QED) is 0.829. The Morgan fingerprint density at radius 3 is 2.24 bits per heavy atom. The monoisotopic (exact) mass is 264 g/mol. The smallest absolute Gasteiger partial charge is 0.299 e. The second-order valence-electron chi connectivity index (χ2n) is 3.27. The molecule has 1 rings (SSSR count). The maximum Gasteiger partial charge on any atom is 0.299 e. The van der Waals surface area contributed by atoms with E-state index in [0.29, 0.717) is 10.6 Å². The van der Waals surface area contributed by atoms with Crippen molar-refractivity contribution in [1.82, 2.24) is 0 Å². The van der Waals surface area contributed by atoms with E-state index in [-0.39, 0.29) is 11.3 Å². The van der Waals surface area contributed by atoms with Crippen molar-refractivity contribution in [2.75, 3.05) is 27.1 Å². The van der Waals surface area contributed by atoms with Crippen LogP contribution in [-0.2, 0) is 5.92 Å². The molecule has 6 heteroatoms. The number of methoxy groups -OCH3 is 2. The van der Waals surface area contributed by atoms with Crippen LogP contribution in [0.5, 0.6) is 11.5 Å². The molecule has 0 fully saturated rings. The highest BCUT2D eigenvalue weighted by molar-refractivity contribution is 7.98. The molecule has 0 unspecified atom stereocenters. The number of rotatable bonds is 5. The van der Waals surface area contributed by atoms with Gasteiger partial charge in [0.2, 0.25) is 0 Å². The van der Waals surface area contributed by atoms with Crippen LogP contribution in [0.2, 0.25) is 0 Å². The molecule has 0 aliphatic rings. The highest BCUT2D eigenvalue weighted by atomic mass is 32.2. The summed E-state index contributed by atoms with van der Waals surface area (Å²) in [6, 6.07) is 2.67. The van der Waals surface area contributed by atoms with Gasteiger partial charge < -0.3 is 14.6 Å². The molecule has 1 N–H and O–H groups in total. The lowest BCUT2D eigenvalue weighted by Crippen LogP contribution is -2.19. The van der Waals surface area contributed by atoms with Crippen LogP contribution in [0.15, 0.2) is 17.0 Å². The van der Waals surface area contributed by atoms with Crippen LogP contribution in [0, 0.1) is 0 Å². The van der Waals surface area contributed by atoms with Gasteiger partial charge in [-0.2, -0.15) is 8.78 Å². The second kappa shape index (κ2) is 5.55. The summed E-state index contributed by atoms with van der Waals surface area (Å²) in [5.74, 6) is -2.98. The van der Waals surface area contributed by atoms with Crippen molar-refractivity contribution in [2.45, 2.75) is 10.8 Å². The van der Waals surface area contributed by atoms with Crippen LogP contribution in [0.3, 0.4) is 0 Å². The minimum Gasteiger partial charge on any atom is -0.496 e. The number of ether oxygens (including phenoxy) is 2. The van der Waals surface area contributed by atoms with Crippen molar-refractivity contribution in [2.24, 2.45) is 0 Å². The second-order valence-corrected chi connectivity index (χ2v) is 4.12. The van der Waals surface area contributed by atoms with Crippen LogP contribution < -0.4 is 9.47 Å². The molecule has 0 saturated carbocycles. The fraction of sp³-hybridized carbons (Fsp3) is 0.455. The molecule has 0 aromatic heterocycles. The SMILES string of the molecule is COc1cc(C(F)(F)CO)c(OC)cc1SC. The molecule has 0 aliphatic heterocycles. The minimum absolute atomic E-state index is 0.0363. The summed E-state index contributed by atoms with van der Waals surface area (Å²) in [5, 5.41) is 8.71. The highest BCUT2D eigenvalue weighted by Gasteiger charge is 2.35. The van der Waals surface area contributed by atoms with Crippen LogP contribution >= 0.6 is 11.8 Å². The predicted octanol–water partition coefficient (Wildman–Crippen LogP) is 2.51. The number of halogens is 2. The van der Waals surface area contributed by atoms with Crippen molar-refractivity contribution in [3.63, 3.8) is 0 Å². The summed E-state index contributed by atoms with van der Waals surface area (Å²) in [6.07, 6.45) is 1.81. The summed E-state index contributed by atoms with van der Waals surface area (Å²) >= 11 is 1.36. The lowest BCUT2D eigenvalue weighted by Gasteiger charge is -2.19. The number of hydrogen-bond acceptors (Lipinski definition) is 4. The van der Waals surface area contributed by atoms with E-state index >= 15 is 0 Å². The zero-order valence-electron chi connectivity index (χ0n) is 9.79. The van der Waals surface area contributed by atoms with Gasteiger partial charge in [-0.05, 0) is 18.4 Å². The Morgan fingerprint density at radius 2 is 1.82 bits per heavy atom. The van der Waals surface area contributed by atoms with Gasteiger partial charge >= 0.3 is 0 Å². The van der Waals surface area contributed by atoms with E-state index in [2.05, 4.69) is 0 Å². The normalized spacial score (nSPS) is 11.4. The third kappa shape index (κ3) is 2.81. The van der Waals surface area contributed by atoms with Gasteiger partial charge in [0.1, 0.15) is 18.1 Å². The largest absolute Gasteiger partial charge is 0.496 e. The molecule has 0 atom stereocenters. The van der Waals surface area contributed by atoms with Gasteiger partial charge in [0, 0.05) is 0 Å². The average molecular weight is 264 g/mol. The zero-order valence-corrected chi connectivity index (χ0v) is 10.6. The molecular weight excluding hydrogens is 250 g/mol. The third-order valence-electron chi connectivity index (χ3n) is 2.30. The molecular formula is C11H14F2O3S. The van der Waals surface area contributed by atoms with E-state index in [1.165, 1.54) is 38.1 Å². The number of thioether (sulfide) groups is 1. The molecule has 0 spiro atoms. The molecule has 0 saturated heterocycles. The molecule has 0 heterocycles. The van der Waals surface area contributed by atoms with E-state index in [1.807, 2.05) is 0 Å². The average Bonchev–Trinajstić information content (AvgIpc) is 2.36. The van der Waals surface area contributed by atoms with E-state index in [0.717, 1.165) is 0 Å². The molecule has 0 aliphatic carbocycles. The molecule has 0 radical (unpaired) electrons. The lowest BCUT2D eigenvalue weighted by atomic mass is 10.1. The fourth-order valence-electron chi connectivity index (χ4n) is 1.40. The number of aliphatic hydroxyl groups excluding tert-OH is 1. The van der Waals surface area contributed by atoms with E-state index < -0.39 is 12.5 Å². The maximum absolute atomic E-state index is 13.5. The maximum atomic E-state index is 13.5. The van der Waals surface area contributed by atoms with Crippen LogP contribution in [0.4, 0.5) is 8.78 Å². The zero-order chi connectivity index (χ0) is 13.1. The minimum atomic E-state index is -3.35. The van der Waals surface area contributed by atoms with Crippen LogP contribution in [0.25, 0.3) is 0 Å². The summed E-state index contributed by atoms with van der Waals surface area (Å²) in [4.78, 5) is 0.696. The summed E-state index contributed by atoms with van der Waals surface area (Å²) in [5.41, 5.74) is -0.378. The Hall–Kier alpha value is -1.01. The number of alkyl halides is 2. The first-order valence-corrected chi connectivity index (χ1v) is 6.01. The first-order valence-electron chi connectivity index (χ1n) is 4.79. The molecule has 1 aromatic carbocycles. The van der Waals surface area contributed by atoms with Gasteiger partial charge in [-0.1, -0.05) is 0 Å². The Kier molecular flexibility index (Phi) is 4.59. The van der Waals surface area contributed by atoms with Gasteiger partial charge in [-0.25, -0.2) is 0 Å². The van der Waals surface area contributed by atoms with E-state index in [4.69, 9.17) is 14.6 Å². The molecule has 0 amide bonds. The number of benzene rings is 1. The third-order valence-corrected chi connectivity index (χ3v) is 3.06. The van der Waals surface area contributed by atoms with Crippen molar-refractivity contribution < 1.29 is 23.4 Å². The van der Waals surface area contributed by atoms with Crippen molar-refractivity contribution in [1.29, 1.82) is 0 Å². The number of hydrogen-bond donors (Lipinski definition) is 1. The van der Waals surface area contributed by atoms with Crippen molar-refractivity contribution in [3.8, 4) is 11.5 Å². The van der Waals surface area contributed by atoms with E-state index in [9.17, 15) is 8.78 Å². The first-order chi connectivity index (χ1) is 8.00. The molecule has 1 aromatic rings. The Morgan fingerprint density at radius 1 is 1.24 bits per heavy atom. The molecule has 0 bridgehead atoms. The predicted molar refractivity (Wildman–Crippen MR) is 62.3 cm³/mol. The van der Waals surface area contributed by atoms with E-state index in [1.54, 1.807) is 6.26 Å². The summed E-state index contributed by atoms with van der Waals surface area (Å²) < 4.78 is 36.9. The van der Waals surface area contributed by atoms with Crippen molar-refractivity contribution >= 4 is 11.8 Å². The Bertz CT molecular complexity index is 397. The summed E-state index contributed by atoms with van der Waals surface area (Å²) in [6.45, 7) is -1.27.